The van der Waals surface area contributed by atoms with Crippen LogP contribution in [0.25, 0.3) is 0 Å². The number of amides is 1. The first-order valence-corrected chi connectivity index (χ1v) is 8.51. The lowest BCUT2D eigenvalue weighted by atomic mass is 10.0. The molecule has 2 unspecified atom stereocenters. The lowest BCUT2D eigenvalue weighted by molar-refractivity contribution is -0.127. The molecule has 0 saturated carbocycles. The fraction of sp³-hybridized carbons (Fsp3) is 0.381. The number of hydrogen-bond acceptors (Lipinski definition) is 2. The van der Waals surface area contributed by atoms with Crippen molar-refractivity contribution >= 4 is 5.91 Å². The molecule has 0 fully saturated rings. The minimum atomic E-state index is -0.546. The molecule has 0 aliphatic rings. The summed E-state index contributed by atoms with van der Waals surface area (Å²) in [5, 5.41) is 3.02. The highest BCUT2D eigenvalue weighted by molar-refractivity contribution is 5.81. The molecule has 0 saturated heterocycles. The number of carbonyl (C=O) groups excluding carboxylic acids is 1. The van der Waals surface area contributed by atoms with E-state index in [9.17, 15) is 4.79 Å². The van der Waals surface area contributed by atoms with Crippen molar-refractivity contribution in [1.29, 1.82) is 0 Å². The molecule has 0 bridgehead atoms. The van der Waals surface area contributed by atoms with Crippen molar-refractivity contribution in [2.45, 2.75) is 52.7 Å². The Bertz CT molecular complexity index is 679. The second-order valence-electron chi connectivity index (χ2n) is 6.60. The van der Waals surface area contributed by atoms with Crippen LogP contribution in [0.2, 0.25) is 0 Å². The van der Waals surface area contributed by atoms with Crippen LogP contribution in [0.1, 0.15) is 56.3 Å². The van der Waals surface area contributed by atoms with Crippen LogP contribution in [0.15, 0.2) is 48.5 Å². The van der Waals surface area contributed by atoms with E-state index < -0.39 is 6.10 Å². The molecule has 2 aromatic carbocycles. The zero-order chi connectivity index (χ0) is 17.7. The summed E-state index contributed by atoms with van der Waals surface area (Å²) in [5.74, 6) is 1.03. The van der Waals surface area contributed by atoms with Gasteiger partial charge in [0.25, 0.3) is 5.91 Å². The molecule has 2 rings (SSSR count). The standard InChI is InChI=1S/C21H27NO2/c1-14(2)19-12-11-15(3)13-20(19)24-17(5)21(23)22-16(4)18-9-7-6-8-10-18/h6-14,16-17H,1-5H3,(H,22,23). The molecule has 0 heterocycles. The van der Waals surface area contributed by atoms with Crippen molar-refractivity contribution in [2.75, 3.05) is 0 Å². The van der Waals surface area contributed by atoms with Crippen LogP contribution in [-0.4, -0.2) is 12.0 Å². The normalized spacial score (nSPS) is 13.4. The van der Waals surface area contributed by atoms with E-state index in [1.807, 2.05) is 50.2 Å². The predicted molar refractivity (Wildman–Crippen MR) is 98.4 cm³/mol. The Morgan fingerprint density at radius 3 is 2.29 bits per heavy atom. The maximum absolute atomic E-state index is 12.5. The smallest absolute Gasteiger partial charge is 0.261 e. The average Bonchev–Trinajstić information content (AvgIpc) is 2.55. The summed E-state index contributed by atoms with van der Waals surface area (Å²) in [7, 11) is 0. The first-order chi connectivity index (χ1) is 11.4. The van der Waals surface area contributed by atoms with Crippen molar-refractivity contribution in [3.8, 4) is 5.75 Å². The van der Waals surface area contributed by atoms with Gasteiger partial charge in [-0.2, -0.15) is 0 Å². The summed E-state index contributed by atoms with van der Waals surface area (Å²) in [5.41, 5.74) is 3.33. The highest BCUT2D eigenvalue weighted by Gasteiger charge is 2.19. The van der Waals surface area contributed by atoms with Crippen molar-refractivity contribution in [2.24, 2.45) is 0 Å². The third kappa shape index (κ3) is 4.60. The number of aryl methyl sites for hydroxylation is 1. The first kappa shape index (κ1) is 18.1. The van der Waals surface area contributed by atoms with E-state index in [0.29, 0.717) is 5.92 Å². The molecule has 1 N–H and O–H groups in total. The predicted octanol–water partition coefficient (Wildman–Crippen LogP) is 4.76. The van der Waals surface area contributed by atoms with Gasteiger partial charge in [-0.25, -0.2) is 0 Å². The molecular formula is C21H27NO2. The molecule has 128 valence electrons. The van der Waals surface area contributed by atoms with Gasteiger partial charge in [0.1, 0.15) is 5.75 Å². The minimum Gasteiger partial charge on any atom is -0.481 e. The number of rotatable bonds is 6. The lowest BCUT2D eigenvalue weighted by Gasteiger charge is -2.21. The Morgan fingerprint density at radius 1 is 1.00 bits per heavy atom. The summed E-state index contributed by atoms with van der Waals surface area (Å²) in [4.78, 5) is 12.5. The molecule has 3 heteroatoms. The van der Waals surface area contributed by atoms with Crippen LogP contribution in [-0.2, 0) is 4.79 Å². The Kier molecular flexibility index (Phi) is 6.02. The van der Waals surface area contributed by atoms with Gasteiger partial charge in [-0.15, -0.1) is 0 Å². The van der Waals surface area contributed by atoms with Crippen molar-refractivity contribution in [1.82, 2.24) is 5.32 Å². The van der Waals surface area contributed by atoms with Gasteiger partial charge >= 0.3 is 0 Å². The van der Waals surface area contributed by atoms with Gasteiger partial charge in [-0.05, 0) is 49.4 Å². The Morgan fingerprint density at radius 2 is 1.67 bits per heavy atom. The van der Waals surface area contributed by atoms with E-state index in [1.165, 1.54) is 0 Å². The van der Waals surface area contributed by atoms with Gasteiger partial charge in [0.15, 0.2) is 6.10 Å². The zero-order valence-electron chi connectivity index (χ0n) is 15.2. The lowest BCUT2D eigenvalue weighted by Crippen LogP contribution is -2.37. The number of nitrogens with one attached hydrogen (secondary N) is 1. The van der Waals surface area contributed by atoms with E-state index in [4.69, 9.17) is 4.74 Å². The molecule has 1 amide bonds. The molecule has 0 aliphatic carbocycles. The maximum atomic E-state index is 12.5. The molecule has 24 heavy (non-hydrogen) atoms. The van der Waals surface area contributed by atoms with Crippen LogP contribution in [0.3, 0.4) is 0 Å². The topological polar surface area (TPSA) is 38.3 Å². The van der Waals surface area contributed by atoms with Gasteiger partial charge in [0.05, 0.1) is 6.04 Å². The second kappa shape index (κ2) is 8.00. The zero-order valence-corrected chi connectivity index (χ0v) is 15.2. The minimum absolute atomic E-state index is 0.0492. The molecule has 0 radical (unpaired) electrons. The summed E-state index contributed by atoms with van der Waals surface area (Å²) in [6, 6.07) is 16.0. The van der Waals surface area contributed by atoms with Crippen molar-refractivity contribution < 1.29 is 9.53 Å². The number of carbonyl (C=O) groups is 1. The molecule has 0 spiro atoms. The van der Waals surface area contributed by atoms with Crippen LogP contribution in [0.4, 0.5) is 0 Å². The summed E-state index contributed by atoms with van der Waals surface area (Å²) >= 11 is 0. The van der Waals surface area contributed by atoms with E-state index >= 15 is 0 Å². The average molecular weight is 325 g/mol. The van der Waals surface area contributed by atoms with Crippen LogP contribution >= 0.6 is 0 Å². The monoisotopic (exact) mass is 325 g/mol. The van der Waals surface area contributed by atoms with E-state index in [0.717, 1.165) is 22.4 Å². The van der Waals surface area contributed by atoms with Gasteiger partial charge in [0, 0.05) is 0 Å². The third-order valence-corrected chi connectivity index (χ3v) is 4.12. The van der Waals surface area contributed by atoms with Gasteiger partial charge in [-0.3, -0.25) is 4.79 Å². The summed E-state index contributed by atoms with van der Waals surface area (Å²) in [6.45, 7) is 10.0. The van der Waals surface area contributed by atoms with Gasteiger partial charge < -0.3 is 10.1 Å². The number of benzene rings is 2. The molecule has 0 aromatic heterocycles. The Labute approximate surface area is 145 Å². The fourth-order valence-electron chi connectivity index (χ4n) is 2.62. The van der Waals surface area contributed by atoms with Gasteiger partial charge in [-0.1, -0.05) is 56.3 Å². The van der Waals surface area contributed by atoms with Crippen LogP contribution < -0.4 is 10.1 Å². The third-order valence-electron chi connectivity index (χ3n) is 4.12. The molecular weight excluding hydrogens is 298 g/mol. The largest absolute Gasteiger partial charge is 0.481 e. The van der Waals surface area contributed by atoms with E-state index in [1.54, 1.807) is 6.92 Å². The van der Waals surface area contributed by atoms with Crippen LogP contribution in [0.5, 0.6) is 5.75 Å². The van der Waals surface area contributed by atoms with E-state index in [2.05, 4.69) is 31.3 Å². The van der Waals surface area contributed by atoms with Crippen LogP contribution in [0, 0.1) is 6.92 Å². The highest BCUT2D eigenvalue weighted by atomic mass is 16.5. The van der Waals surface area contributed by atoms with E-state index in [-0.39, 0.29) is 11.9 Å². The number of hydrogen-bond donors (Lipinski definition) is 1. The molecule has 3 nitrogen and oxygen atoms in total. The second-order valence-corrected chi connectivity index (χ2v) is 6.60. The summed E-state index contributed by atoms with van der Waals surface area (Å²) < 4.78 is 5.97. The molecule has 0 aliphatic heterocycles. The van der Waals surface area contributed by atoms with Crippen molar-refractivity contribution in [3.63, 3.8) is 0 Å². The van der Waals surface area contributed by atoms with Gasteiger partial charge in [0.2, 0.25) is 0 Å². The molecule has 2 atom stereocenters. The Hall–Kier alpha value is -2.29. The highest BCUT2D eigenvalue weighted by Crippen LogP contribution is 2.28. The fourth-order valence-corrected chi connectivity index (χ4v) is 2.62. The Balaban J connectivity index is 2.05. The van der Waals surface area contributed by atoms with Crippen molar-refractivity contribution in [3.05, 3.63) is 65.2 Å². The molecule has 2 aromatic rings. The first-order valence-electron chi connectivity index (χ1n) is 8.51. The quantitative estimate of drug-likeness (QED) is 0.831. The maximum Gasteiger partial charge on any atom is 0.261 e. The SMILES string of the molecule is Cc1ccc(C(C)C)c(OC(C)C(=O)NC(C)c2ccccc2)c1. The summed E-state index contributed by atoms with van der Waals surface area (Å²) in [6.07, 6.45) is -0.546. The number of ether oxygens (including phenoxy) is 1.